The van der Waals surface area contributed by atoms with Crippen LogP contribution in [-0.2, 0) is 4.79 Å². The second-order valence-electron chi connectivity index (χ2n) is 9.88. The monoisotopic (exact) mass is 492 g/mol. The van der Waals surface area contributed by atoms with E-state index in [9.17, 15) is 9.90 Å². The standard InChI is InChI=1S/C24H31N3O2.C6H13N/c1-6-9-23(29)21(16(4)7-2)10-17(5)20(8-3)22-11-18-14-26-24(27-15-28)12-19(18)13-25-22;1-7(2)5-6-3-4-6/h8,10-15,23,29H,6-7,9H2,1-5H3,(H,26,27,28);6H,3-5H2,1-2H3/b17-10-,20-8+,21-16-;. The van der Waals surface area contributed by atoms with Crippen molar-refractivity contribution < 1.29 is 9.90 Å². The molecular weight excluding hydrogens is 448 g/mol. The van der Waals surface area contributed by atoms with Gasteiger partial charge in [0.25, 0.3) is 0 Å². The highest BCUT2D eigenvalue weighted by atomic mass is 16.3. The van der Waals surface area contributed by atoms with Crippen LogP contribution in [0.3, 0.4) is 0 Å². The van der Waals surface area contributed by atoms with Gasteiger partial charge >= 0.3 is 0 Å². The fourth-order valence-corrected chi connectivity index (χ4v) is 4.17. The maximum absolute atomic E-state index is 10.6. The van der Waals surface area contributed by atoms with Gasteiger partial charge in [-0.05, 0) is 95.3 Å². The number of amides is 1. The van der Waals surface area contributed by atoms with E-state index < -0.39 is 6.10 Å². The van der Waals surface area contributed by atoms with Crippen LogP contribution in [0.15, 0.2) is 53.4 Å². The number of rotatable bonds is 11. The van der Waals surface area contributed by atoms with Crippen LogP contribution in [0, 0.1) is 5.92 Å². The molecule has 1 fully saturated rings. The average Bonchev–Trinajstić information content (AvgIpc) is 3.66. The maximum atomic E-state index is 10.6. The van der Waals surface area contributed by atoms with Crippen molar-refractivity contribution in [3.63, 3.8) is 0 Å². The van der Waals surface area contributed by atoms with Crippen molar-refractivity contribution in [2.45, 2.75) is 72.8 Å². The highest BCUT2D eigenvalue weighted by molar-refractivity contribution is 5.89. The summed E-state index contributed by atoms with van der Waals surface area (Å²) in [5.74, 6) is 1.55. The first kappa shape index (κ1) is 29.4. The maximum Gasteiger partial charge on any atom is 0.212 e. The van der Waals surface area contributed by atoms with Gasteiger partial charge in [-0.2, -0.15) is 0 Å². The quantitative estimate of drug-likeness (QED) is 0.281. The minimum Gasteiger partial charge on any atom is -0.388 e. The minimum absolute atomic E-state index is 0.453. The molecule has 0 spiro atoms. The zero-order valence-electron chi connectivity index (χ0n) is 23.1. The van der Waals surface area contributed by atoms with Crippen molar-refractivity contribution in [1.82, 2.24) is 14.9 Å². The lowest BCUT2D eigenvalue weighted by Gasteiger charge is -2.17. The van der Waals surface area contributed by atoms with Crippen molar-refractivity contribution in [2.75, 3.05) is 26.0 Å². The van der Waals surface area contributed by atoms with Crippen LogP contribution in [0.1, 0.15) is 72.4 Å². The largest absolute Gasteiger partial charge is 0.388 e. The molecule has 0 radical (unpaired) electrons. The van der Waals surface area contributed by atoms with Crippen LogP contribution in [0.5, 0.6) is 0 Å². The Labute approximate surface area is 217 Å². The molecule has 3 rings (SSSR count). The minimum atomic E-state index is -0.453. The van der Waals surface area contributed by atoms with Crippen molar-refractivity contribution in [2.24, 2.45) is 5.92 Å². The van der Waals surface area contributed by atoms with Crippen molar-refractivity contribution in [1.29, 1.82) is 0 Å². The Balaban J connectivity index is 0.000000558. The van der Waals surface area contributed by atoms with Crippen molar-refractivity contribution in [3.8, 4) is 0 Å². The van der Waals surface area contributed by atoms with Crippen LogP contribution in [0.4, 0.5) is 5.82 Å². The average molecular weight is 493 g/mol. The molecular formula is C30H44N4O2. The van der Waals surface area contributed by atoms with Gasteiger partial charge in [0.1, 0.15) is 5.82 Å². The van der Waals surface area contributed by atoms with E-state index in [1.54, 1.807) is 18.5 Å². The van der Waals surface area contributed by atoms with Gasteiger partial charge in [-0.25, -0.2) is 4.98 Å². The van der Waals surface area contributed by atoms with E-state index in [4.69, 9.17) is 0 Å². The number of hydrogen-bond acceptors (Lipinski definition) is 5. The van der Waals surface area contributed by atoms with E-state index in [0.717, 1.165) is 58.4 Å². The molecule has 2 heterocycles. The van der Waals surface area contributed by atoms with E-state index in [1.807, 2.05) is 19.1 Å². The lowest BCUT2D eigenvalue weighted by Crippen LogP contribution is -2.14. The van der Waals surface area contributed by atoms with E-state index in [0.29, 0.717) is 12.2 Å². The summed E-state index contributed by atoms with van der Waals surface area (Å²) >= 11 is 0. The van der Waals surface area contributed by atoms with E-state index in [1.165, 1.54) is 25.0 Å². The summed E-state index contributed by atoms with van der Waals surface area (Å²) in [7, 11) is 4.27. The van der Waals surface area contributed by atoms with Gasteiger partial charge in [-0.3, -0.25) is 9.78 Å². The summed E-state index contributed by atoms with van der Waals surface area (Å²) in [4.78, 5) is 21.7. The molecule has 1 aliphatic rings. The number of aliphatic hydroxyl groups excluding tert-OH is 1. The Morgan fingerprint density at radius 3 is 2.36 bits per heavy atom. The van der Waals surface area contributed by atoms with Gasteiger partial charge in [-0.15, -0.1) is 0 Å². The van der Waals surface area contributed by atoms with Gasteiger partial charge in [0.05, 0.1) is 11.8 Å². The molecule has 1 atom stereocenters. The number of nitrogens with zero attached hydrogens (tertiary/aromatic N) is 3. The summed E-state index contributed by atoms with van der Waals surface area (Å²) < 4.78 is 0. The molecule has 0 aromatic carbocycles. The Kier molecular flexibility index (Phi) is 12.0. The second kappa shape index (κ2) is 14.7. The zero-order valence-corrected chi connectivity index (χ0v) is 23.1. The van der Waals surface area contributed by atoms with E-state index >= 15 is 0 Å². The fraction of sp³-hybridized carbons (Fsp3) is 0.500. The first-order valence-corrected chi connectivity index (χ1v) is 13.1. The number of fused-ring (bicyclic) bond motifs is 1. The molecule has 1 amide bonds. The number of pyridine rings is 2. The number of anilines is 1. The van der Waals surface area contributed by atoms with Crippen molar-refractivity contribution >= 4 is 28.6 Å². The predicted molar refractivity (Wildman–Crippen MR) is 152 cm³/mol. The Bertz CT molecular complexity index is 1100. The number of nitrogens with one attached hydrogen (secondary N) is 1. The summed E-state index contributed by atoms with van der Waals surface area (Å²) in [5, 5.41) is 15.0. The first-order chi connectivity index (χ1) is 17.2. The molecule has 2 aromatic heterocycles. The molecule has 0 aliphatic heterocycles. The first-order valence-electron chi connectivity index (χ1n) is 13.1. The SMILES string of the molecule is CN(C)CC1CC1.C\C=C(/C(C)=C\C(=C(/C)CC)C(O)CCC)c1cc2cnc(NC=O)cc2cn1. The summed E-state index contributed by atoms with van der Waals surface area (Å²) in [6.07, 6.45) is 13.3. The highest BCUT2D eigenvalue weighted by Crippen LogP contribution is 2.29. The molecule has 6 nitrogen and oxygen atoms in total. The van der Waals surface area contributed by atoms with E-state index in [-0.39, 0.29) is 0 Å². The van der Waals surface area contributed by atoms with Gasteiger partial charge in [0.2, 0.25) is 6.41 Å². The fourth-order valence-electron chi connectivity index (χ4n) is 4.17. The number of aromatic nitrogens is 2. The molecule has 36 heavy (non-hydrogen) atoms. The van der Waals surface area contributed by atoms with Crippen molar-refractivity contribution in [3.05, 3.63) is 59.1 Å². The van der Waals surface area contributed by atoms with Gasteiger partial charge < -0.3 is 15.3 Å². The molecule has 1 aliphatic carbocycles. The van der Waals surface area contributed by atoms with Gasteiger partial charge in [0, 0.05) is 29.7 Å². The van der Waals surface area contributed by atoms with E-state index in [2.05, 4.69) is 68.1 Å². The highest BCUT2D eigenvalue weighted by Gasteiger charge is 2.21. The molecule has 2 N–H and O–H groups in total. The second-order valence-corrected chi connectivity index (χ2v) is 9.88. The van der Waals surface area contributed by atoms with Gasteiger partial charge in [-0.1, -0.05) is 38.0 Å². The summed E-state index contributed by atoms with van der Waals surface area (Å²) in [5.41, 5.74) is 5.13. The number of carbonyl (C=O) groups excluding carboxylic acids is 1. The number of hydrogen-bond donors (Lipinski definition) is 2. The predicted octanol–water partition coefficient (Wildman–Crippen LogP) is 6.39. The molecule has 1 saturated carbocycles. The molecule has 6 heteroatoms. The number of aliphatic hydroxyl groups is 1. The normalized spacial score (nSPS) is 15.8. The van der Waals surface area contributed by atoms with Crippen LogP contribution >= 0.6 is 0 Å². The molecule has 0 bridgehead atoms. The van der Waals surface area contributed by atoms with Crippen LogP contribution in [0.25, 0.3) is 16.3 Å². The third-order valence-corrected chi connectivity index (χ3v) is 6.44. The lowest BCUT2D eigenvalue weighted by atomic mass is 9.93. The number of allylic oxidation sites excluding steroid dienone is 4. The van der Waals surface area contributed by atoms with Gasteiger partial charge in [0.15, 0.2) is 0 Å². The third-order valence-electron chi connectivity index (χ3n) is 6.44. The smallest absolute Gasteiger partial charge is 0.212 e. The Morgan fingerprint density at radius 1 is 1.17 bits per heavy atom. The Hall–Kier alpha value is -2.83. The van der Waals surface area contributed by atoms with Crippen LogP contribution < -0.4 is 5.32 Å². The number of carbonyl (C=O) groups is 1. The van der Waals surface area contributed by atoms with Crippen LogP contribution in [-0.4, -0.2) is 53.1 Å². The summed E-state index contributed by atoms with van der Waals surface area (Å²) in [6.45, 7) is 11.6. The molecule has 0 saturated heterocycles. The zero-order chi connectivity index (χ0) is 26.7. The van der Waals surface area contributed by atoms with Crippen LogP contribution in [0.2, 0.25) is 0 Å². The molecule has 1 unspecified atom stereocenters. The topological polar surface area (TPSA) is 78.4 Å². The summed E-state index contributed by atoms with van der Waals surface area (Å²) in [6, 6.07) is 3.79. The lowest BCUT2D eigenvalue weighted by molar-refractivity contribution is -0.105. The third kappa shape index (κ3) is 8.99. The Morgan fingerprint density at radius 2 is 1.83 bits per heavy atom. The molecule has 2 aromatic rings. The molecule has 196 valence electrons.